The van der Waals surface area contributed by atoms with E-state index in [0.717, 1.165) is 17.5 Å². The molecular formula is C11H17N3O2S. The summed E-state index contributed by atoms with van der Waals surface area (Å²) in [5.41, 5.74) is 6.11. The molecule has 94 valence electrons. The molecule has 2 rings (SSSR count). The van der Waals surface area contributed by atoms with Gasteiger partial charge in [0.15, 0.2) is 5.82 Å². The molecule has 0 amide bonds. The number of rotatable bonds is 4. The zero-order valence-electron chi connectivity index (χ0n) is 10.1. The van der Waals surface area contributed by atoms with Crippen molar-refractivity contribution in [3.63, 3.8) is 0 Å². The van der Waals surface area contributed by atoms with Crippen LogP contribution in [-0.4, -0.2) is 31.0 Å². The SMILES string of the molecule is COC(=O)c1c(N)nsc1N(C)CC1CCC1. The van der Waals surface area contributed by atoms with Crippen LogP contribution in [0.2, 0.25) is 0 Å². The van der Waals surface area contributed by atoms with Gasteiger partial charge >= 0.3 is 5.97 Å². The quantitative estimate of drug-likeness (QED) is 0.830. The van der Waals surface area contributed by atoms with Crippen molar-refractivity contribution < 1.29 is 9.53 Å². The first-order valence-electron chi connectivity index (χ1n) is 5.68. The monoisotopic (exact) mass is 255 g/mol. The van der Waals surface area contributed by atoms with E-state index in [1.54, 1.807) is 0 Å². The summed E-state index contributed by atoms with van der Waals surface area (Å²) < 4.78 is 8.77. The van der Waals surface area contributed by atoms with Gasteiger partial charge in [0.05, 0.1) is 7.11 Å². The minimum atomic E-state index is -0.410. The predicted octanol–water partition coefficient (Wildman–Crippen LogP) is 1.75. The molecule has 0 aromatic carbocycles. The van der Waals surface area contributed by atoms with Gasteiger partial charge in [-0.05, 0) is 30.3 Å². The zero-order valence-corrected chi connectivity index (χ0v) is 10.9. The van der Waals surface area contributed by atoms with E-state index < -0.39 is 5.97 Å². The molecule has 0 bridgehead atoms. The topological polar surface area (TPSA) is 68.5 Å². The Hall–Kier alpha value is -1.30. The standard InChI is InChI=1S/C11H17N3O2S/c1-14(6-7-4-3-5-7)10-8(11(15)16-2)9(12)13-17-10/h7H,3-6H2,1-2H3,(H2,12,13). The zero-order chi connectivity index (χ0) is 12.4. The minimum Gasteiger partial charge on any atom is -0.465 e. The van der Waals surface area contributed by atoms with E-state index >= 15 is 0 Å². The molecule has 1 heterocycles. The van der Waals surface area contributed by atoms with E-state index in [1.165, 1.54) is 37.9 Å². The molecule has 0 radical (unpaired) electrons. The van der Waals surface area contributed by atoms with E-state index in [4.69, 9.17) is 10.5 Å². The Kier molecular flexibility index (Phi) is 3.51. The van der Waals surface area contributed by atoms with Gasteiger partial charge in [-0.1, -0.05) is 6.42 Å². The van der Waals surface area contributed by atoms with E-state index in [-0.39, 0.29) is 5.82 Å². The van der Waals surface area contributed by atoms with Crippen molar-refractivity contribution in [2.24, 2.45) is 5.92 Å². The van der Waals surface area contributed by atoms with Gasteiger partial charge in [-0.25, -0.2) is 4.79 Å². The number of anilines is 2. The summed E-state index contributed by atoms with van der Waals surface area (Å²) in [6, 6.07) is 0. The molecule has 2 N–H and O–H groups in total. The van der Waals surface area contributed by atoms with Crippen LogP contribution >= 0.6 is 11.5 Å². The number of nitrogens with two attached hydrogens (primary N) is 1. The number of esters is 1. The van der Waals surface area contributed by atoms with Gasteiger partial charge in [-0.2, -0.15) is 4.37 Å². The third-order valence-corrected chi connectivity index (χ3v) is 4.17. The highest BCUT2D eigenvalue weighted by molar-refractivity contribution is 7.11. The number of ether oxygens (including phenoxy) is 1. The van der Waals surface area contributed by atoms with Gasteiger partial charge in [-0.3, -0.25) is 0 Å². The number of carbonyl (C=O) groups is 1. The van der Waals surface area contributed by atoms with Gasteiger partial charge in [0.1, 0.15) is 10.6 Å². The lowest BCUT2D eigenvalue weighted by Gasteiger charge is -2.30. The summed E-state index contributed by atoms with van der Waals surface area (Å²) in [7, 11) is 3.33. The average molecular weight is 255 g/mol. The fourth-order valence-corrected chi connectivity index (χ4v) is 2.76. The van der Waals surface area contributed by atoms with E-state index in [1.807, 2.05) is 7.05 Å². The largest absolute Gasteiger partial charge is 0.465 e. The van der Waals surface area contributed by atoms with Crippen molar-refractivity contribution in [3.8, 4) is 0 Å². The number of hydrogen-bond donors (Lipinski definition) is 1. The van der Waals surface area contributed by atoms with Crippen molar-refractivity contribution in [1.29, 1.82) is 0 Å². The second-order valence-electron chi connectivity index (χ2n) is 4.42. The molecule has 5 nitrogen and oxygen atoms in total. The predicted molar refractivity (Wildman–Crippen MR) is 68.5 cm³/mol. The average Bonchev–Trinajstić information content (AvgIpc) is 2.64. The van der Waals surface area contributed by atoms with E-state index in [0.29, 0.717) is 5.56 Å². The Morgan fingerprint density at radius 1 is 1.65 bits per heavy atom. The molecule has 1 fully saturated rings. The van der Waals surface area contributed by atoms with Gasteiger partial charge in [-0.15, -0.1) is 0 Å². The molecule has 1 aliphatic carbocycles. The normalized spacial score (nSPS) is 15.4. The van der Waals surface area contributed by atoms with Gasteiger partial charge in [0.25, 0.3) is 0 Å². The third kappa shape index (κ3) is 2.36. The fraction of sp³-hybridized carbons (Fsp3) is 0.636. The Bertz CT molecular complexity index is 415. The molecule has 1 aromatic heterocycles. The molecule has 0 saturated heterocycles. The smallest absolute Gasteiger partial charge is 0.344 e. The molecular weight excluding hydrogens is 238 g/mol. The number of nitrogen functional groups attached to an aromatic ring is 1. The highest BCUT2D eigenvalue weighted by Crippen LogP contribution is 2.33. The first-order chi connectivity index (χ1) is 8.13. The minimum absolute atomic E-state index is 0.261. The maximum Gasteiger partial charge on any atom is 0.344 e. The van der Waals surface area contributed by atoms with Crippen LogP contribution in [0.3, 0.4) is 0 Å². The van der Waals surface area contributed by atoms with Crippen LogP contribution in [0, 0.1) is 5.92 Å². The Morgan fingerprint density at radius 3 is 2.88 bits per heavy atom. The summed E-state index contributed by atoms with van der Waals surface area (Å²) >= 11 is 1.25. The first-order valence-corrected chi connectivity index (χ1v) is 6.45. The number of nitrogens with zero attached hydrogens (tertiary/aromatic N) is 2. The highest BCUT2D eigenvalue weighted by atomic mass is 32.1. The van der Waals surface area contributed by atoms with Gasteiger partial charge < -0.3 is 15.4 Å². The van der Waals surface area contributed by atoms with Crippen LogP contribution in [0.1, 0.15) is 29.6 Å². The van der Waals surface area contributed by atoms with Crippen LogP contribution in [0.5, 0.6) is 0 Å². The van der Waals surface area contributed by atoms with Crippen molar-refractivity contribution in [2.75, 3.05) is 31.3 Å². The van der Waals surface area contributed by atoms with Crippen LogP contribution in [-0.2, 0) is 4.74 Å². The lowest BCUT2D eigenvalue weighted by molar-refractivity contribution is 0.0603. The third-order valence-electron chi connectivity index (χ3n) is 3.19. The van der Waals surface area contributed by atoms with Crippen molar-refractivity contribution >= 4 is 28.3 Å². The molecule has 0 atom stereocenters. The molecule has 17 heavy (non-hydrogen) atoms. The number of methoxy groups -OCH3 is 1. The highest BCUT2D eigenvalue weighted by Gasteiger charge is 2.25. The van der Waals surface area contributed by atoms with E-state index in [9.17, 15) is 4.79 Å². The van der Waals surface area contributed by atoms with Crippen molar-refractivity contribution in [2.45, 2.75) is 19.3 Å². The molecule has 0 spiro atoms. The van der Waals surface area contributed by atoms with Crippen LogP contribution in [0.4, 0.5) is 10.8 Å². The van der Waals surface area contributed by atoms with Crippen LogP contribution in [0.25, 0.3) is 0 Å². The van der Waals surface area contributed by atoms with Gasteiger partial charge in [0.2, 0.25) is 0 Å². The van der Waals surface area contributed by atoms with Crippen molar-refractivity contribution in [3.05, 3.63) is 5.56 Å². The Balaban J connectivity index is 2.15. The summed E-state index contributed by atoms with van der Waals surface area (Å²) in [4.78, 5) is 13.7. The second kappa shape index (κ2) is 4.91. The number of aromatic nitrogens is 1. The Morgan fingerprint density at radius 2 is 2.35 bits per heavy atom. The molecule has 1 aromatic rings. The fourth-order valence-electron chi connectivity index (χ4n) is 1.99. The van der Waals surface area contributed by atoms with Crippen LogP contribution in [0.15, 0.2) is 0 Å². The van der Waals surface area contributed by atoms with Crippen LogP contribution < -0.4 is 10.6 Å². The molecule has 1 saturated carbocycles. The van der Waals surface area contributed by atoms with Crippen molar-refractivity contribution in [1.82, 2.24) is 4.37 Å². The number of carbonyl (C=O) groups excluding carboxylic acids is 1. The summed E-state index contributed by atoms with van der Waals surface area (Å²) in [5.74, 6) is 0.581. The molecule has 1 aliphatic rings. The summed E-state index contributed by atoms with van der Waals surface area (Å²) in [5, 5.41) is 0.807. The number of hydrogen-bond acceptors (Lipinski definition) is 6. The van der Waals surface area contributed by atoms with Gasteiger partial charge in [0, 0.05) is 13.6 Å². The molecule has 0 aliphatic heterocycles. The first kappa shape index (κ1) is 12.2. The lowest BCUT2D eigenvalue weighted by Crippen LogP contribution is -2.29. The van der Waals surface area contributed by atoms with E-state index in [2.05, 4.69) is 9.27 Å². The lowest BCUT2D eigenvalue weighted by atomic mass is 9.85. The maximum atomic E-state index is 11.6. The molecule has 0 unspecified atom stereocenters. The maximum absolute atomic E-state index is 11.6. The molecule has 6 heteroatoms. The summed E-state index contributed by atoms with van der Waals surface area (Å²) in [6.07, 6.45) is 3.85. The Labute approximate surface area is 105 Å². The summed E-state index contributed by atoms with van der Waals surface area (Å²) in [6.45, 7) is 0.950. The second-order valence-corrected chi connectivity index (χ2v) is 5.17.